The smallest absolute Gasteiger partial charge is 0.132 e. The second kappa shape index (κ2) is 8.12. The van der Waals surface area contributed by atoms with E-state index in [1.54, 1.807) is 0 Å². The Hall–Kier alpha value is 0.0200. The van der Waals surface area contributed by atoms with Crippen molar-refractivity contribution < 1.29 is 4.79 Å². The monoisotopic (exact) mass is 174 g/mol. The van der Waals surface area contributed by atoms with E-state index in [-0.39, 0.29) is 0 Å². The summed E-state index contributed by atoms with van der Waals surface area (Å²) in [7, 11) is 0. The van der Waals surface area contributed by atoms with Gasteiger partial charge < -0.3 is 0 Å². The lowest BCUT2D eigenvalue weighted by Crippen LogP contribution is -1.97. The van der Waals surface area contributed by atoms with Gasteiger partial charge in [-0.3, -0.25) is 4.79 Å². The molecule has 2 heteroatoms. The lowest BCUT2D eigenvalue weighted by Gasteiger charge is -1.97. The van der Waals surface area contributed by atoms with Crippen molar-refractivity contribution in [3.8, 4) is 0 Å². The summed E-state index contributed by atoms with van der Waals surface area (Å²) in [5, 5.41) is 0. The zero-order chi connectivity index (χ0) is 8.53. The quantitative estimate of drug-likeness (QED) is 0.464. The number of carbonyl (C=O) groups excluding carboxylic acids is 1. The molecule has 66 valence electrons. The Morgan fingerprint density at radius 2 is 1.82 bits per heavy atom. The minimum atomic E-state index is 0.425. The van der Waals surface area contributed by atoms with E-state index in [9.17, 15) is 4.79 Å². The van der Waals surface area contributed by atoms with Crippen LogP contribution in [-0.2, 0) is 4.79 Å². The molecule has 0 aromatic carbocycles. The maximum absolute atomic E-state index is 11.1. The fraction of sp³-hybridized carbons (Fsp3) is 0.889. The topological polar surface area (TPSA) is 17.1 Å². The molecule has 0 N–H and O–H groups in total. The van der Waals surface area contributed by atoms with Gasteiger partial charge in [-0.05, 0) is 25.0 Å². The third-order valence-corrected chi connectivity index (χ3v) is 1.99. The lowest BCUT2D eigenvalue weighted by molar-refractivity contribution is -0.119. The van der Waals surface area contributed by atoms with Crippen LogP contribution >= 0.6 is 12.6 Å². The van der Waals surface area contributed by atoms with E-state index in [0.717, 1.165) is 44.3 Å². The van der Waals surface area contributed by atoms with Gasteiger partial charge in [-0.1, -0.05) is 13.3 Å². The number of rotatable bonds is 7. The predicted octanol–water partition coefficient (Wildman–Crippen LogP) is 2.85. The van der Waals surface area contributed by atoms with E-state index in [2.05, 4.69) is 19.6 Å². The molecule has 0 aliphatic rings. The normalized spacial score (nSPS) is 10.0. The molecule has 0 aromatic heterocycles. The molecule has 0 amide bonds. The zero-order valence-electron chi connectivity index (χ0n) is 7.31. The van der Waals surface area contributed by atoms with Gasteiger partial charge in [0.05, 0.1) is 0 Å². The molecule has 0 saturated carbocycles. The largest absolute Gasteiger partial charge is 0.300 e. The first-order valence-electron chi connectivity index (χ1n) is 4.43. The average molecular weight is 174 g/mol. The highest BCUT2D eigenvalue weighted by Crippen LogP contribution is 2.03. The van der Waals surface area contributed by atoms with Crippen LogP contribution in [0.2, 0.25) is 0 Å². The minimum Gasteiger partial charge on any atom is -0.300 e. The summed E-state index contributed by atoms with van der Waals surface area (Å²) in [6, 6.07) is 0. The van der Waals surface area contributed by atoms with Crippen LogP contribution in [0.15, 0.2) is 0 Å². The van der Waals surface area contributed by atoms with Gasteiger partial charge in [-0.25, -0.2) is 0 Å². The van der Waals surface area contributed by atoms with Gasteiger partial charge in [0.15, 0.2) is 0 Å². The Kier molecular flexibility index (Phi) is 8.13. The number of carbonyl (C=O) groups is 1. The van der Waals surface area contributed by atoms with Gasteiger partial charge in [-0.15, -0.1) is 0 Å². The van der Waals surface area contributed by atoms with E-state index in [1.807, 2.05) is 0 Å². The van der Waals surface area contributed by atoms with Gasteiger partial charge in [0.1, 0.15) is 5.78 Å². The second-order valence-electron chi connectivity index (χ2n) is 2.82. The molecule has 11 heavy (non-hydrogen) atoms. The van der Waals surface area contributed by atoms with Crippen LogP contribution in [0.3, 0.4) is 0 Å². The molecular formula is C9H18OS. The highest BCUT2D eigenvalue weighted by atomic mass is 32.1. The number of unbranched alkanes of at least 4 members (excludes halogenated alkanes) is 2. The van der Waals surface area contributed by atoms with Gasteiger partial charge in [0, 0.05) is 12.8 Å². The van der Waals surface area contributed by atoms with Crippen molar-refractivity contribution in [3.63, 3.8) is 0 Å². The van der Waals surface area contributed by atoms with Crippen LogP contribution in [0.25, 0.3) is 0 Å². The van der Waals surface area contributed by atoms with Gasteiger partial charge >= 0.3 is 0 Å². The molecule has 0 radical (unpaired) electrons. The molecule has 0 spiro atoms. The Morgan fingerprint density at radius 1 is 1.18 bits per heavy atom. The number of hydrogen-bond acceptors (Lipinski definition) is 2. The second-order valence-corrected chi connectivity index (χ2v) is 3.27. The Morgan fingerprint density at radius 3 is 2.36 bits per heavy atom. The summed E-state index contributed by atoms with van der Waals surface area (Å²) in [5.41, 5.74) is 0. The third kappa shape index (κ3) is 7.92. The highest BCUT2D eigenvalue weighted by Gasteiger charge is 1.99. The van der Waals surface area contributed by atoms with Crippen LogP contribution in [-0.4, -0.2) is 11.5 Å². The number of Topliss-reactive ketones (excluding diaryl/α,β-unsaturated/α-hetero) is 1. The van der Waals surface area contributed by atoms with E-state index in [4.69, 9.17) is 0 Å². The fourth-order valence-electron chi connectivity index (χ4n) is 0.933. The Labute approximate surface area is 75.0 Å². The molecule has 0 bridgehead atoms. The predicted molar refractivity (Wildman–Crippen MR) is 52.2 cm³/mol. The molecule has 0 aliphatic heterocycles. The molecular weight excluding hydrogens is 156 g/mol. The molecule has 0 unspecified atom stereocenters. The molecule has 0 rings (SSSR count). The summed E-state index contributed by atoms with van der Waals surface area (Å²) in [6.07, 6.45) is 5.81. The molecule has 0 aromatic rings. The lowest BCUT2D eigenvalue weighted by atomic mass is 10.1. The molecule has 1 nitrogen and oxygen atoms in total. The summed E-state index contributed by atoms with van der Waals surface area (Å²) < 4.78 is 0. The van der Waals surface area contributed by atoms with E-state index in [0.29, 0.717) is 5.78 Å². The molecule has 0 aliphatic carbocycles. The minimum absolute atomic E-state index is 0.425. The van der Waals surface area contributed by atoms with Crippen molar-refractivity contribution in [1.29, 1.82) is 0 Å². The SMILES string of the molecule is CCCCC(=O)CCCCS. The van der Waals surface area contributed by atoms with Crippen molar-refractivity contribution in [3.05, 3.63) is 0 Å². The Balaban J connectivity index is 3.09. The van der Waals surface area contributed by atoms with Crippen LogP contribution in [0.1, 0.15) is 45.4 Å². The third-order valence-electron chi connectivity index (χ3n) is 1.67. The average Bonchev–Trinajstić information content (AvgIpc) is 2.01. The van der Waals surface area contributed by atoms with Gasteiger partial charge in [-0.2, -0.15) is 12.6 Å². The van der Waals surface area contributed by atoms with Crippen LogP contribution in [0.4, 0.5) is 0 Å². The Bertz CT molecular complexity index is 102. The van der Waals surface area contributed by atoms with Crippen LogP contribution in [0.5, 0.6) is 0 Å². The number of ketones is 1. The summed E-state index contributed by atoms with van der Waals surface area (Å²) >= 11 is 4.08. The van der Waals surface area contributed by atoms with E-state index in [1.165, 1.54) is 0 Å². The van der Waals surface area contributed by atoms with Crippen molar-refractivity contribution in [2.75, 3.05) is 5.75 Å². The number of thiol groups is 1. The summed E-state index contributed by atoms with van der Waals surface area (Å²) in [4.78, 5) is 11.1. The standard InChI is InChI=1S/C9H18OS/c1-2-3-6-9(10)7-4-5-8-11/h11H,2-8H2,1H3. The van der Waals surface area contributed by atoms with Gasteiger partial charge in [0.2, 0.25) is 0 Å². The maximum Gasteiger partial charge on any atom is 0.132 e. The molecule has 0 atom stereocenters. The molecule has 0 fully saturated rings. The highest BCUT2D eigenvalue weighted by molar-refractivity contribution is 7.80. The van der Waals surface area contributed by atoms with E-state index >= 15 is 0 Å². The van der Waals surface area contributed by atoms with Crippen molar-refractivity contribution >= 4 is 18.4 Å². The van der Waals surface area contributed by atoms with Crippen LogP contribution < -0.4 is 0 Å². The first-order chi connectivity index (χ1) is 5.31. The summed E-state index contributed by atoms with van der Waals surface area (Å²) in [6.45, 7) is 2.11. The summed E-state index contributed by atoms with van der Waals surface area (Å²) in [5.74, 6) is 1.33. The van der Waals surface area contributed by atoms with Crippen LogP contribution in [0, 0.1) is 0 Å². The maximum atomic E-state index is 11.1. The molecule has 0 saturated heterocycles. The molecule has 0 heterocycles. The van der Waals surface area contributed by atoms with Crippen molar-refractivity contribution in [1.82, 2.24) is 0 Å². The van der Waals surface area contributed by atoms with Gasteiger partial charge in [0.25, 0.3) is 0 Å². The first-order valence-corrected chi connectivity index (χ1v) is 5.07. The fourth-order valence-corrected chi connectivity index (χ4v) is 1.16. The first kappa shape index (κ1) is 11.0. The number of hydrogen-bond donors (Lipinski definition) is 1. The zero-order valence-corrected chi connectivity index (χ0v) is 8.20. The van der Waals surface area contributed by atoms with Crippen molar-refractivity contribution in [2.45, 2.75) is 45.4 Å². The van der Waals surface area contributed by atoms with E-state index < -0.39 is 0 Å². The van der Waals surface area contributed by atoms with Crippen molar-refractivity contribution in [2.24, 2.45) is 0 Å².